The highest BCUT2D eigenvalue weighted by atomic mass is 35.5. The molecule has 10 heteroatoms. The zero-order chi connectivity index (χ0) is 14.1. The third kappa shape index (κ3) is 3.36. The predicted octanol–water partition coefficient (Wildman–Crippen LogP) is 4.52. The highest BCUT2D eigenvalue weighted by Gasteiger charge is 2.29. The van der Waals surface area contributed by atoms with Crippen molar-refractivity contribution in [3.63, 3.8) is 0 Å². The number of phosphoric acid groups is 1. The maximum Gasteiger partial charge on any atom is 0.527 e. The van der Waals surface area contributed by atoms with Crippen LogP contribution in [0.3, 0.4) is 0 Å². The van der Waals surface area contributed by atoms with Crippen LogP contribution in [0.15, 0.2) is 0 Å². The lowest BCUT2D eigenvalue weighted by Gasteiger charge is -2.16. The van der Waals surface area contributed by atoms with Crippen molar-refractivity contribution in [1.82, 2.24) is 0 Å². The van der Waals surface area contributed by atoms with Gasteiger partial charge in [-0.2, -0.15) is 0 Å². The summed E-state index contributed by atoms with van der Waals surface area (Å²) in [5, 5.41) is 8.53. The van der Waals surface area contributed by atoms with E-state index in [-0.39, 0.29) is 26.7 Å². The second kappa shape index (κ2) is 6.06. The van der Waals surface area contributed by atoms with Crippen LogP contribution in [0.25, 0.3) is 0 Å². The summed E-state index contributed by atoms with van der Waals surface area (Å²) in [7, 11) is -4.43. The van der Waals surface area contributed by atoms with Gasteiger partial charge in [0.05, 0.1) is 16.7 Å². The first-order valence-electron chi connectivity index (χ1n) is 4.43. The summed E-state index contributed by atoms with van der Waals surface area (Å²) in [6, 6.07) is 0. The Morgan fingerprint density at radius 3 is 2.11 bits per heavy atom. The molecule has 1 unspecified atom stereocenters. The van der Waals surface area contributed by atoms with Gasteiger partial charge in [0.2, 0.25) is 0 Å². The van der Waals surface area contributed by atoms with Crippen LogP contribution >= 0.6 is 54.2 Å². The van der Waals surface area contributed by atoms with Gasteiger partial charge in [-0.05, 0) is 6.92 Å². The van der Waals surface area contributed by atoms with Crippen molar-refractivity contribution in [2.24, 2.45) is 0 Å². The van der Waals surface area contributed by atoms with Gasteiger partial charge in [0.15, 0.2) is 11.5 Å². The molecule has 0 aliphatic heterocycles. The number of phosphoric ester groups is 1. The van der Waals surface area contributed by atoms with Crippen LogP contribution in [0.1, 0.15) is 6.92 Å². The molecule has 1 aromatic rings. The van der Waals surface area contributed by atoms with Crippen molar-refractivity contribution in [2.45, 2.75) is 6.92 Å². The first-order chi connectivity index (χ1) is 8.21. The van der Waals surface area contributed by atoms with Gasteiger partial charge in [0.1, 0.15) is 10.0 Å². The van der Waals surface area contributed by atoms with E-state index in [0.717, 1.165) is 0 Å². The number of phenols is 1. The van der Waals surface area contributed by atoms with E-state index in [1.54, 1.807) is 0 Å². The molecule has 0 bridgehead atoms. The zero-order valence-corrected chi connectivity index (χ0v) is 12.7. The van der Waals surface area contributed by atoms with E-state index in [1.165, 1.54) is 6.92 Å². The van der Waals surface area contributed by atoms with Gasteiger partial charge in [0, 0.05) is 0 Å². The first kappa shape index (κ1) is 16.2. The second-order valence-electron chi connectivity index (χ2n) is 2.91. The Morgan fingerprint density at radius 1 is 1.11 bits per heavy atom. The maximum atomic E-state index is 11.4. The third-order valence-electron chi connectivity index (χ3n) is 1.70. The normalized spacial score (nSPS) is 14.3. The minimum Gasteiger partial charge on any atom is -0.503 e. The quantitative estimate of drug-likeness (QED) is 0.471. The van der Waals surface area contributed by atoms with Gasteiger partial charge in [-0.25, -0.2) is 4.57 Å². The Labute approximate surface area is 123 Å². The van der Waals surface area contributed by atoms with E-state index in [2.05, 4.69) is 9.05 Å². The Morgan fingerprint density at radius 2 is 1.61 bits per heavy atom. The minimum absolute atomic E-state index is 0.0821. The molecule has 102 valence electrons. The Balaban J connectivity index is 3.30. The summed E-state index contributed by atoms with van der Waals surface area (Å²) in [5.41, 5.74) is 0. The molecule has 0 spiro atoms. The van der Waals surface area contributed by atoms with Crippen LogP contribution in [0.2, 0.25) is 20.1 Å². The molecule has 5 nitrogen and oxygen atoms in total. The summed E-state index contributed by atoms with van der Waals surface area (Å²) in [5.74, 6) is -1.28. The Bertz CT molecular complexity index is 492. The molecule has 0 fully saturated rings. The molecule has 1 atom stereocenters. The van der Waals surface area contributed by atoms with Crippen LogP contribution in [0.5, 0.6) is 11.5 Å². The summed E-state index contributed by atoms with van der Waals surface area (Å²) < 4.78 is 20.5. The van der Waals surface area contributed by atoms with Crippen LogP contribution in [0.4, 0.5) is 0 Å². The van der Waals surface area contributed by atoms with Crippen LogP contribution in [-0.2, 0) is 9.09 Å². The SMILES string of the molecule is CCOP(=O)(O)Oc1c(O)c(Cl)c(Cl)c(Cl)c1Cl. The number of phenolic OH excluding ortho intramolecular Hbond substituents is 1. The molecule has 0 heterocycles. The molecule has 0 aliphatic rings. The van der Waals surface area contributed by atoms with Crippen molar-refractivity contribution >= 4 is 54.2 Å². The molecule has 0 aliphatic carbocycles. The fourth-order valence-corrected chi connectivity index (χ4v) is 2.69. The van der Waals surface area contributed by atoms with E-state index < -0.39 is 19.3 Å². The molecule has 0 aromatic heterocycles. The highest BCUT2D eigenvalue weighted by molar-refractivity contribution is 7.47. The fraction of sp³-hybridized carbons (Fsp3) is 0.250. The van der Waals surface area contributed by atoms with E-state index in [1.807, 2.05) is 0 Å². The highest BCUT2D eigenvalue weighted by Crippen LogP contribution is 2.55. The van der Waals surface area contributed by atoms with Crippen LogP contribution < -0.4 is 4.52 Å². The van der Waals surface area contributed by atoms with Crippen molar-refractivity contribution in [3.05, 3.63) is 20.1 Å². The monoisotopic (exact) mass is 354 g/mol. The van der Waals surface area contributed by atoms with E-state index in [4.69, 9.17) is 46.4 Å². The topological polar surface area (TPSA) is 76.0 Å². The average Bonchev–Trinajstić information content (AvgIpc) is 2.30. The number of hydrogen-bond acceptors (Lipinski definition) is 4. The molecule has 2 N–H and O–H groups in total. The Hall–Kier alpha value is 0.130. The van der Waals surface area contributed by atoms with Crippen molar-refractivity contribution < 1.29 is 23.6 Å². The molecule has 18 heavy (non-hydrogen) atoms. The summed E-state index contributed by atoms with van der Waals surface area (Å²) in [6.45, 7) is 1.40. The van der Waals surface area contributed by atoms with E-state index >= 15 is 0 Å². The number of hydrogen-bond donors (Lipinski definition) is 2. The average molecular weight is 356 g/mol. The van der Waals surface area contributed by atoms with Crippen molar-refractivity contribution in [2.75, 3.05) is 6.61 Å². The molecule has 1 aromatic carbocycles. The third-order valence-corrected chi connectivity index (χ3v) is 4.47. The Kier molecular flexibility index (Phi) is 5.44. The molecular weight excluding hydrogens is 349 g/mol. The van der Waals surface area contributed by atoms with Crippen LogP contribution in [0, 0.1) is 0 Å². The van der Waals surface area contributed by atoms with Gasteiger partial charge in [0.25, 0.3) is 0 Å². The van der Waals surface area contributed by atoms with Gasteiger partial charge in [-0.1, -0.05) is 46.4 Å². The van der Waals surface area contributed by atoms with Gasteiger partial charge < -0.3 is 9.63 Å². The van der Waals surface area contributed by atoms with Crippen molar-refractivity contribution in [3.8, 4) is 11.5 Å². The lowest BCUT2D eigenvalue weighted by Crippen LogP contribution is -1.98. The zero-order valence-electron chi connectivity index (χ0n) is 8.79. The lowest BCUT2D eigenvalue weighted by atomic mass is 10.3. The number of halogens is 4. The van der Waals surface area contributed by atoms with E-state index in [0.29, 0.717) is 0 Å². The minimum atomic E-state index is -4.43. The summed E-state index contributed by atoms with van der Waals surface area (Å²) in [6.07, 6.45) is 0. The summed E-state index contributed by atoms with van der Waals surface area (Å²) >= 11 is 22.8. The van der Waals surface area contributed by atoms with Crippen molar-refractivity contribution in [1.29, 1.82) is 0 Å². The van der Waals surface area contributed by atoms with Gasteiger partial charge in [-0.3, -0.25) is 9.42 Å². The van der Waals surface area contributed by atoms with E-state index in [9.17, 15) is 14.6 Å². The molecule has 0 saturated heterocycles. The number of benzene rings is 1. The number of rotatable bonds is 4. The first-order valence-corrected chi connectivity index (χ1v) is 7.43. The molecule has 0 amide bonds. The van der Waals surface area contributed by atoms with Gasteiger partial charge in [-0.15, -0.1) is 0 Å². The fourth-order valence-electron chi connectivity index (χ4n) is 0.988. The van der Waals surface area contributed by atoms with Crippen LogP contribution in [-0.4, -0.2) is 16.6 Å². The maximum absolute atomic E-state index is 11.4. The molecule has 0 radical (unpaired) electrons. The standard InChI is InChI=1S/C8H7Cl4O5P/c1-2-16-18(14,15)17-8-6(12)4(10)3(9)5(11)7(8)13/h13H,2H2,1H3,(H,14,15). The summed E-state index contributed by atoms with van der Waals surface area (Å²) in [4.78, 5) is 9.29. The number of aromatic hydroxyl groups is 1. The molecule has 1 rings (SSSR count). The molecule has 0 saturated carbocycles. The molecular formula is C8H7Cl4O5P. The smallest absolute Gasteiger partial charge is 0.503 e. The lowest BCUT2D eigenvalue weighted by molar-refractivity contribution is 0.211. The predicted molar refractivity (Wildman–Crippen MR) is 70.2 cm³/mol. The largest absolute Gasteiger partial charge is 0.527 e. The second-order valence-corrected chi connectivity index (χ2v) is 5.80. The van der Waals surface area contributed by atoms with Gasteiger partial charge >= 0.3 is 7.82 Å².